The number of para-hydroxylation sites is 2. The second-order valence-corrected chi connectivity index (χ2v) is 37.0. The molecule has 4 aromatic carbocycles. The fraction of sp³-hybridized carbons (Fsp3) is 0.606. The number of hydrogen-bond donors (Lipinski definition) is 2. The highest BCUT2D eigenvalue weighted by atomic mass is 16.7. The molecule has 0 saturated carbocycles. The minimum atomic E-state index is -0.958. The van der Waals surface area contributed by atoms with E-state index < -0.39 is 30.5 Å². The van der Waals surface area contributed by atoms with Crippen LogP contribution in [0.2, 0.25) is 0 Å². The molecule has 6 amide bonds. The van der Waals surface area contributed by atoms with Crippen molar-refractivity contribution in [1.82, 2.24) is 78.5 Å². The Morgan fingerprint density at radius 2 is 0.731 bits per heavy atom. The third-order valence-corrected chi connectivity index (χ3v) is 27.7. The Bertz CT molecular complexity index is 4930. The molecule has 0 aliphatic carbocycles. The van der Waals surface area contributed by atoms with Crippen molar-refractivity contribution in [2.24, 2.45) is 0 Å². The molecule has 10 heterocycles. The number of ether oxygens (including phenoxy) is 6. The second kappa shape index (κ2) is 46.9. The van der Waals surface area contributed by atoms with E-state index in [9.17, 15) is 33.6 Å². The predicted octanol–water partition coefficient (Wildman–Crippen LogP) is 14.4. The second-order valence-electron chi connectivity index (χ2n) is 37.0. The highest BCUT2D eigenvalue weighted by Gasteiger charge is 2.38. The number of urea groups is 2. The number of amides is 6. The average Bonchev–Trinajstić information content (AvgIpc) is 0.946. The van der Waals surface area contributed by atoms with Gasteiger partial charge >= 0.3 is 30.5 Å². The number of carbonyl (C=O) groups is 7. The smallest absolute Gasteiger partial charge is 0.434 e. The predicted molar refractivity (Wildman–Crippen MR) is 499 cm³/mol. The molecule has 2 atom stereocenters. The molecule has 6 fully saturated rings. The number of likely N-dealkylation sites (tertiary alicyclic amines) is 4. The van der Waals surface area contributed by atoms with Crippen molar-refractivity contribution in [2.75, 3.05) is 132 Å². The van der Waals surface area contributed by atoms with Gasteiger partial charge in [0.2, 0.25) is 11.8 Å². The maximum absolute atomic E-state index is 15.0. The van der Waals surface area contributed by atoms with Crippen LogP contribution in [0.5, 0.6) is 0 Å². The molecule has 14 rings (SSSR count). The first-order valence-electron chi connectivity index (χ1n) is 48.3. The minimum absolute atomic E-state index is 0.164. The number of benzene rings is 4. The van der Waals surface area contributed by atoms with Crippen LogP contribution < -0.4 is 21.8 Å². The molecular formula is C99H138N16O15. The molecule has 31 nitrogen and oxygen atoms in total. The van der Waals surface area contributed by atoms with Crippen LogP contribution in [0.1, 0.15) is 213 Å². The van der Waals surface area contributed by atoms with E-state index in [0.717, 1.165) is 160 Å². The largest absolute Gasteiger partial charge is 0.511 e. The molecule has 6 saturated heterocycles. The van der Waals surface area contributed by atoms with E-state index in [1.165, 1.54) is 82.7 Å². The summed E-state index contributed by atoms with van der Waals surface area (Å²) in [7, 11) is 4.31. The lowest BCUT2D eigenvalue weighted by molar-refractivity contribution is -0.136. The van der Waals surface area contributed by atoms with Gasteiger partial charge in [-0.05, 0) is 200 Å². The van der Waals surface area contributed by atoms with E-state index in [0.29, 0.717) is 123 Å². The molecular weight excluding hydrogens is 1650 g/mol. The van der Waals surface area contributed by atoms with E-state index in [1.54, 1.807) is 22.2 Å². The Balaban J connectivity index is 0.589. The first-order valence-corrected chi connectivity index (χ1v) is 48.3. The Labute approximate surface area is 763 Å². The number of pyridine rings is 2. The summed E-state index contributed by atoms with van der Waals surface area (Å²) in [6, 6.07) is 25.1. The standard InChI is InChI=1S/C99H138N16O15/c1-7-9-11-13-15-17-19-25-55-125-97(122)129-69-114-87-29-23-21-27-77(87)63-83(91(114)116)75-31-43-110(44-32-75)95(120)100-85(93(118)108-51-47-106(48-52-108)81-35-39-104(5)40-36-81)61-73-57-71(3)89-79(59-73)65-112(102-89)67-127-99(124)128-68-113-66-80-60-74(58-72(4)90(80)103-113)62-86(94(119)109-53-49-107(50-54-109)82-37-41-105(6)42-38-82)101-96(121)111-45-33-76(34-46-111)84-64-78-28-22-24-30-88(78)115(92(84)117)70-130-98(123)126-56-26-20-18-16-14-12-10-8-2/h21-24,27-30,57-60,63-66,75-76,81-82,85-86H,7-20,25-26,31-56,61-62,67-70H2,1-6H3,(H,100,120)(H,101,121)/t85-,86-/m1/s1. The van der Waals surface area contributed by atoms with Crippen molar-refractivity contribution in [1.29, 1.82) is 0 Å². The SMILES string of the molecule is CCCCCCCCCCOC(=O)OCn1c(=O)c(C2CCN(C(=O)N[C@H](Cc3cc(C)c4nn(COC(=O)OCn5cc6cc(C[C@@H](NC(=O)N7CCC(c8cc9ccccc9n(COC(=O)OCCCCCCCCCC)c8=O)CC7)C(=O)N7CCN(C8CCN(C)CC8)CC7)cc(C)c6n5)cc4c3)C(=O)N3CCN(C4CCN(C)CC4)CC3)CC2)cc2ccccc21. The van der Waals surface area contributed by atoms with Gasteiger partial charge in [-0.25, -0.2) is 33.3 Å². The maximum atomic E-state index is 15.0. The van der Waals surface area contributed by atoms with E-state index in [4.69, 9.17) is 38.6 Å². The first kappa shape index (κ1) is 95.5. The zero-order valence-corrected chi connectivity index (χ0v) is 77.5. The maximum Gasteiger partial charge on any atom is 0.511 e. The summed E-state index contributed by atoms with van der Waals surface area (Å²) in [4.78, 5) is 144. The van der Waals surface area contributed by atoms with Gasteiger partial charge in [-0.1, -0.05) is 152 Å². The van der Waals surface area contributed by atoms with Crippen LogP contribution in [0.3, 0.4) is 0 Å². The monoisotopic (exact) mass is 1790 g/mol. The summed E-state index contributed by atoms with van der Waals surface area (Å²) in [6.07, 6.45) is 25.4. The van der Waals surface area contributed by atoms with E-state index >= 15 is 9.59 Å². The normalized spacial score (nSPS) is 17.5. The van der Waals surface area contributed by atoms with Gasteiger partial charge in [0.15, 0.2) is 26.9 Å². The molecule has 2 N–H and O–H groups in total. The number of fused-ring (bicyclic) bond motifs is 4. The molecule has 31 heteroatoms. The molecule has 0 unspecified atom stereocenters. The van der Waals surface area contributed by atoms with Crippen LogP contribution in [-0.2, 0) is 77.8 Å². The summed E-state index contributed by atoms with van der Waals surface area (Å²) in [5.74, 6) is -0.709. The Kier molecular flexibility index (Phi) is 34.5. The molecule has 6 aliphatic heterocycles. The van der Waals surface area contributed by atoms with E-state index in [2.05, 4.69) is 58.2 Å². The zero-order valence-electron chi connectivity index (χ0n) is 77.5. The van der Waals surface area contributed by atoms with Gasteiger partial charge in [0.25, 0.3) is 11.1 Å². The van der Waals surface area contributed by atoms with Crippen molar-refractivity contribution in [3.63, 3.8) is 0 Å². The number of piperazine rings is 2. The molecule has 6 aliphatic rings. The molecule has 0 spiro atoms. The Hall–Kier alpha value is -10.6. The summed E-state index contributed by atoms with van der Waals surface area (Å²) < 4.78 is 39.3. The lowest BCUT2D eigenvalue weighted by Gasteiger charge is -2.43. The summed E-state index contributed by atoms with van der Waals surface area (Å²) in [5, 5.41) is 19.1. The number of unbranched alkanes of at least 4 members (excludes halogenated alkanes) is 14. The molecule has 130 heavy (non-hydrogen) atoms. The molecule has 704 valence electrons. The minimum Gasteiger partial charge on any atom is -0.434 e. The molecule has 0 bridgehead atoms. The molecule has 0 radical (unpaired) electrons. The number of hydrogen-bond acceptors (Lipinski definition) is 21. The van der Waals surface area contributed by atoms with Crippen LogP contribution in [0.4, 0.5) is 24.0 Å². The van der Waals surface area contributed by atoms with Crippen molar-refractivity contribution in [3.05, 3.63) is 151 Å². The first-order chi connectivity index (χ1) is 63.2. The average molecular weight is 1790 g/mol. The summed E-state index contributed by atoms with van der Waals surface area (Å²) in [5.41, 5.74) is 6.45. The van der Waals surface area contributed by atoms with Crippen LogP contribution >= 0.6 is 0 Å². The topological polar surface area (TPSA) is 304 Å². The summed E-state index contributed by atoms with van der Waals surface area (Å²) >= 11 is 0. The Morgan fingerprint density at radius 3 is 1.11 bits per heavy atom. The fourth-order valence-electron chi connectivity index (χ4n) is 20.1. The third kappa shape index (κ3) is 25.6. The highest BCUT2D eigenvalue weighted by Crippen LogP contribution is 2.33. The third-order valence-electron chi connectivity index (χ3n) is 27.7. The lowest BCUT2D eigenvalue weighted by atomic mass is 9.89. The summed E-state index contributed by atoms with van der Waals surface area (Å²) in [6.45, 7) is 18.2. The lowest BCUT2D eigenvalue weighted by Crippen LogP contribution is -2.59. The van der Waals surface area contributed by atoms with Crippen LogP contribution in [0.25, 0.3) is 43.6 Å². The van der Waals surface area contributed by atoms with Gasteiger partial charge < -0.3 is 68.5 Å². The van der Waals surface area contributed by atoms with Gasteiger partial charge in [-0.3, -0.25) is 38.1 Å². The van der Waals surface area contributed by atoms with E-state index in [-0.39, 0.29) is 99.8 Å². The zero-order chi connectivity index (χ0) is 91.0. The van der Waals surface area contributed by atoms with Gasteiger partial charge in [-0.2, -0.15) is 10.2 Å². The number of rotatable bonds is 38. The number of nitrogens with one attached hydrogen (secondary N) is 2. The van der Waals surface area contributed by atoms with Gasteiger partial charge in [0.1, 0.15) is 12.1 Å². The van der Waals surface area contributed by atoms with Crippen molar-refractivity contribution < 1.29 is 62.0 Å². The molecule has 4 aromatic heterocycles. The van der Waals surface area contributed by atoms with Gasteiger partial charge in [-0.15, -0.1) is 0 Å². The highest BCUT2D eigenvalue weighted by molar-refractivity contribution is 5.90. The van der Waals surface area contributed by atoms with Gasteiger partial charge in [0.05, 0.1) is 35.3 Å². The van der Waals surface area contributed by atoms with Crippen LogP contribution in [0, 0.1) is 13.8 Å². The Morgan fingerprint density at radius 1 is 0.385 bits per heavy atom. The van der Waals surface area contributed by atoms with Crippen LogP contribution in [-0.4, -0.2) is 266 Å². The van der Waals surface area contributed by atoms with Crippen LogP contribution in [0.15, 0.2) is 107 Å². The van der Waals surface area contributed by atoms with Crippen molar-refractivity contribution >= 4 is 86.0 Å². The quantitative estimate of drug-likeness (QED) is 0.0206. The van der Waals surface area contributed by atoms with Crippen molar-refractivity contribution in [3.8, 4) is 0 Å². The van der Waals surface area contributed by atoms with Crippen molar-refractivity contribution in [2.45, 2.75) is 258 Å². The number of nitrogens with zero attached hydrogens (tertiary/aromatic N) is 14. The number of carbonyl (C=O) groups excluding carboxylic acids is 7. The number of piperidine rings is 4. The molecule has 8 aromatic rings. The number of aromatic nitrogens is 6. The fourth-order valence-corrected chi connectivity index (χ4v) is 20.1. The number of aryl methyl sites for hydroxylation is 2. The van der Waals surface area contributed by atoms with E-state index in [1.807, 2.05) is 109 Å². The van der Waals surface area contributed by atoms with Gasteiger partial charge in [0, 0.05) is 138 Å².